The van der Waals surface area contributed by atoms with Gasteiger partial charge in [-0.15, -0.1) is 0 Å². The van der Waals surface area contributed by atoms with Crippen LogP contribution in [0, 0.1) is 0 Å². The lowest BCUT2D eigenvalue weighted by atomic mass is 10.2. The highest BCUT2D eigenvalue weighted by Gasteiger charge is 2.24. The number of nitrogens with zero attached hydrogens (tertiary/aromatic N) is 1. The molecule has 7 nitrogen and oxygen atoms in total. The molecule has 0 aromatic heterocycles. The highest BCUT2D eigenvalue weighted by atomic mass is 32.2. The van der Waals surface area contributed by atoms with Crippen LogP contribution in [0.25, 0.3) is 0 Å². The predicted octanol–water partition coefficient (Wildman–Crippen LogP) is 0.854. The number of nitrogens with one attached hydrogen (secondary N) is 1. The van der Waals surface area contributed by atoms with Gasteiger partial charge in [-0.1, -0.05) is 0 Å². The summed E-state index contributed by atoms with van der Waals surface area (Å²) in [7, 11) is 0.808. The summed E-state index contributed by atoms with van der Waals surface area (Å²) in [5.41, 5.74) is 0.285. The summed E-state index contributed by atoms with van der Waals surface area (Å²) < 4.78 is 38.2. The zero-order valence-electron chi connectivity index (χ0n) is 13.5. The van der Waals surface area contributed by atoms with Crippen molar-refractivity contribution in [3.05, 3.63) is 23.8 Å². The van der Waals surface area contributed by atoms with Crippen molar-refractivity contribution < 1.29 is 22.7 Å². The Morgan fingerprint density at radius 3 is 2.74 bits per heavy atom. The zero-order valence-corrected chi connectivity index (χ0v) is 14.4. The second kappa shape index (κ2) is 7.29. The molecule has 0 aliphatic carbocycles. The lowest BCUT2D eigenvalue weighted by molar-refractivity contribution is 0.0827. The Morgan fingerprint density at radius 1 is 1.43 bits per heavy atom. The first-order chi connectivity index (χ1) is 10.8. The summed E-state index contributed by atoms with van der Waals surface area (Å²) in [6, 6.07) is 4.36. The van der Waals surface area contributed by atoms with Crippen molar-refractivity contribution in [1.82, 2.24) is 9.62 Å². The molecule has 0 radical (unpaired) electrons. The summed E-state index contributed by atoms with van der Waals surface area (Å²) in [4.78, 5) is 13.4. The Balaban J connectivity index is 2.27. The van der Waals surface area contributed by atoms with Crippen molar-refractivity contribution in [3.8, 4) is 5.75 Å². The first-order valence-electron chi connectivity index (χ1n) is 7.36. The molecule has 1 amide bonds. The lowest BCUT2D eigenvalue weighted by Gasteiger charge is -2.15. The SMILES string of the molecule is COc1ccc(C(=O)N(C)C)cc1S(=O)(=O)NCC1CCCO1. The van der Waals surface area contributed by atoms with Crippen molar-refractivity contribution >= 4 is 15.9 Å². The molecule has 0 bridgehead atoms. The Morgan fingerprint density at radius 2 is 2.17 bits per heavy atom. The highest BCUT2D eigenvalue weighted by molar-refractivity contribution is 7.89. The van der Waals surface area contributed by atoms with Crippen LogP contribution in [0.5, 0.6) is 5.75 Å². The van der Waals surface area contributed by atoms with Gasteiger partial charge >= 0.3 is 0 Å². The number of amides is 1. The van der Waals surface area contributed by atoms with E-state index in [1.165, 1.54) is 24.1 Å². The van der Waals surface area contributed by atoms with Gasteiger partial charge in [0.2, 0.25) is 10.0 Å². The highest BCUT2D eigenvalue weighted by Crippen LogP contribution is 2.25. The van der Waals surface area contributed by atoms with Crippen molar-refractivity contribution in [3.63, 3.8) is 0 Å². The lowest BCUT2D eigenvalue weighted by Crippen LogP contribution is -2.32. The number of carbonyl (C=O) groups is 1. The predicted molar refractivity (Wildman–Crippen MR) is 85.2 cm³/mol. The monoisotopic (exact) mass is 342 g/mol. The standard InChI is InChI=1S/C15H22N2O5S/c1-17(2)15(18)11-6-7-13(21-3)14(9-11)23(19,20)16-10-12-5-4-8-22-12/h6-7,9,12,16H,4-5,8,10H2,1-3H3. The summed E-state index contributed by atoms with van der Waals surface area (Å²) in [5, 5.41) is 0. The quantitative estimate of drug-likeness (QED) is 0.829. The van der Waals surface area contributed by atoms with Crippen LogP contribution >= 0.6 is 0 Å². The van der Waals surface area contributed by atoms with E-state index in [0.717, 1.165) is 12.8 Å². The zero-order chi connectivity index (χ0) is 17.0. The van der Waals surface area contributed by atoms with E-state index in [9.17, 15) is 13.2 Å². The van der Waals surface area contributed by atoms with Gasteiger partial charge in [-0.05, 0) is 31.0 Å². The van der Waals surface area contributed by atoms with Gasteiger partial charge < -0.3 is 14.4 Å². The second-order valence-corrected chi connectivity index (χ2v) is 7.29. The molecule has 1 atom stereocenters. The number of rotatable bonds is 6. The fourth-order valence-electron chi connectivity index (χ4n) is 2.36. The minimum Gasteiger partial charge on any atom is -0.495 e. The number of ether oxygens (including phenoxy) is 2. The van der Waals surface area contributed by atoms with Crippen molar-refractivity contribution in [2.24, 2.45) is 0 Å². The third-order valence-corrected chi connectivity index (χ3v) is 5.08. The van der Waals surface area contributed by atoms with E-state index in [1.54, 1.807) is 20.2 Å². The fraction of sp³-hybridized carbons (Fsp3) is 0.533. The normalized spacial score (nSPS) is 18.0. The van der Waals surface area contributed by atoms with Crippen LogP contribution in [-0.4, -0.2) is 59.7 Å². The number of benzene rings is 1. The molecule has 1 aromatic carbocycles. The van der Waals surface area contributed by atoms with Crippen LogP contribution in [0.15, 0.2) is 23.1 Å². The number of carbonyl (C=O) groups excluding carboxylic acids is 1. The van der Waals surface area contributed by atoms with Gasteiger partial charge in [0.25, 0.3) is 5.91 Å². The molecule has 128 valence electrons. The Kier molecular flexibility index (Phi) is 5.61. The minimum absolute atomic E-state index is 0.0503. The maximum absolute atomic E-state index is 12.5. The molecule has 2 rings (SSSR count). The number of hydrogen-bond donors (Lipinski definition) is 1. The summed E-state index contributed by atoms with van der Waals surface area (Å²) in [5.74, 6) is -0.0802. The molecule has 1 aliphatic heterocycles. The van der Waals surface area contributed by atoms with E-state index >= 15 is 0 Å². The summed E-state index contributed by atoms with van der Waals surface area (Å²) in [6.45, 7) is 0.861. The third-order valence-electron chi connectivity index (χ3n) is 3.63. The molecule has 0 saturated carbocycles. The van der Waals surface area contributed by atoms with E-state index < -0.39 is 10.0 Å². The topological polar surface area (TPSA) is 84.9 Å². The minimum atomic E-state index is -3.80. The van der Waals surface area contributed by atoms with Crippen LogP contribution in [-0.2, 0) is 14.8 Å². The van der Waals surface area contributed by atoms with E-state index in [2.05, 4.69) is 4.72 Å². The molecule has 1 N–H and O–H groups in total. The molecule has 8 heteroatoms. The fourth-order valence-corrected chi connectivity index (χ4v) is 3.62. The molecule has 23 heavy (non-hydrogen) atoms. The summed E-state index contributed by atoms with van der Waals surface area (Å²) in [6.07, 6.45) is 1.66. The van der Waals surface area contributed by atoms with Gasteiger partial charge in [0, 0.05) is 32.8 Å². The van der Waals surface area contributed by atoms with Gasteiger partial charge in [0.05, 0.1) is 13.2 Å². The third kappa shape index (κ3) is 4.21. The first-order valence-corrected chi connectivity index (χ1v) is 8.84. The molecular formula is C15H22N2O5S. The number of hydrogen-bond acceptors (Lipinski definition) is 5. The van der Waals surface area contributed by atoms with E-state index in [4.69, 9.17) is 9.47 Å². The molecule has 1 saturated heterocycles. The Hall–Kier alpha value is -1.64. The molecule has 1 unspecified atom stereocenters. The smallest absolute Gasteiger partial charge is 0.253 e. The molecule has 1 heterocycles. The second-order valence-electron chi connectivity index (χ2n) is 5.55. The molecular weight excluding hydrogens is 320 g/mol. The molecule has 1 fully saturated rings. The van der Waals surface area contributed by atoms with Crippen LogP contribution in [0.2, 0.25) is 0 Å². The first kappa shape index (κ1) is 17.7. The van der Waals surface area contributed by atoms with Crippen LogP contribution in [0.4, 0.5) is 0 Å². The molecule has 0 spiro atoms. The van der Waals surface area contributed by atoms with Crippen LogP contribution in [0.1, 0.15) is 23.2 Å². The average Bonchev–Trinajstić information content (AvgIpc) is 3.05. The van der Waals surface area contributed by atoms with Crippen LogP contribution in [0.3, 0.4) is 0 Å². The van der Waals surface area contributed by atoms with Crippen molar-refractivity contribution in [2.75, 3.05) is 34.4 Å². The van der Waals surface area contributed by atoms with Crippen molar-refractivity contribution in [2.45, 2.75) is 23.8 Å². The van der Waals surface area contributed by atoms with Gasteiger partial charge in [-0.25, -0.2) is 13.1 Å². The van der Waals surface area contributed by atoms with Gasteiger partial charge in [-0.3, -0.25) is 4.79 Å². The largest absolute Gasteiger partial charge is 0.495 e. The van der Waals surface area contributed by atoms with Gasteiger partial charge in [0.1, 0.15) is 10.6 Å². The van der Waals surface area contributed by atoms with Crippen LogP contribution < -0.4 is 9.46 Å². The maximum Gasteiger partial charge on any atom is 0.253 e. The Labute approximate surface area is 136 Å². The van der Waals surface area contributed by atoms with E-state index in [1.807, 2.05) is 0 Å². The average molecular weight is 342 g/mol. The van der Waals surface area contributed by atoms with Gasteiger partial charge in [-0.2, -0.15) is 0 Å². The Bertz CT molecular complexity index is 666. The number of sulfonamides is 1. The van der Waals surface area contributed by atoms with E-state index in [0.29, 0.717) is 6.61 Å². The molecule has 1 aliphatic rings. The molecule has 1 aromatic rings. The van der Waals surface area contributed by atoms with E-state index in [-0.39, 0.29) is 34.8 Å². The van der Waals surface area contributed by atoms with Crippen molar-refractivity contribution in [1.29, 1.82) is 0 Å². The van der Waals surface area contributed by atoms with Gasteiger partial charge in [0.15, 0.2) is 0 Å². The maximum atomic E-state index is 12.5. The summed E-state index contributed by atoms with van der Waals surface area (Å²) >= 11 is 0. The number of methoxy groups -OCH3 is 1.